The Bertz CT molecular complexity index is 669. The number of hydrogen-bond donors (Lipinski definition) is 2. The van der Waals surface area contributed by atoms with Gasteiger partial charge in [-0.05, 0) is 37.5 Å². The Labute approximate surface area is 172 Å². The molecular weight excluding hydrogens is 477 g/mol. The van der Waals surface area contributed by atoms with Gasteiger partial charge in [-0.1, -0.05) is 17.7 Å². The summed E-state index contributed by atoms with van der Waals surface area (Å²) in [6.45, 7) is 2.59. The monoisotopic (exact) mass is 503 g/mol. The third-order valence-corrected chi connectivity index (χ3v) is 4.80. The third kappa shape index (κ3) is 10.1. The van der Waals surface area contributed by atoms with Gasteiger partial charge in [0.1, 0.15) is 15.6 Å². The van der Waals surface area contributed by atoms with Crippen molar-refractivity contribution in [2.24, 2.45) is 4.99 Å². The first-order chi connectivity index (χ1) is 11.2. The van der Waals surface area contributed by atoms with Crippen molar-refractivity contribution in [2.45, 2.75) is 25.8 Å². The highest BCUT2D eigenvalue weighted by atomic mass is 127. The van der Waals surface area contributed by atoms with Crippen molar-refractivity contribution in [2.75, 3.05) is 32.7 Å². The maximum atomic E-state index is 11.2. The molecule has 0 spiro atoms. The van der Waals surface area contributed by atoms with Gasteiger partial charge >= 0.3 is 0 Å². The van der Waals surface area contributed by atoms with Crippen LogP contribution in [0.3, 0.4) is 0 Å². The summed E-state index contributed by atoms with van der Waals surface area (Å²) >= 11 is 6.22. The predicted octanol–water partition coefficient (Wildman–Crippen LogP) is 2.50. The number of nitrogens with zero attached hydrogens (tertiary/aromatic N) is 1. The number of halogens is 2. The van der Waals surface area contributed by atoms with Gasteiger partial charge in [-0.15, -0.1) is 24.0 Å². The lowest BCUT2D eigenvalue weighted by Crippen LogP contribution is -2.43. The summed E-state index contributed by atoms with van der Waals surface area (Å²) in [4.78, 5) is 4.15. The maximum absolute atomic E-state index is 11.2. The summed E-state index contributed by atoms with van der Waals surface area (Å²) in [6, 6.07) is 5.61. The fourth-order valence-electron chi connectivity index (χ4n) is 2.06. The number of guanidine groups is 1. The third-order valence-electron chi connectivity index (χ3n) is 3.48. The quantitative estimate of drug-likeness (QED) is 0.324. The van der Waals surface area contributed by atoms with Gasteiger partial charge in [-0.25, -0.2) is 8.42 Å². The van der Waals surface area contributed by atoms with E-state index in [0.29, 0.717) is 23.9 Å². The molecule has 25 heavy (non-hydrogen) atoms. The molecule has 0 aromatic heterocycles. The largest absolute Gasteiger partial charge is 0.497 e. The minimum Gasteiger partial charge on any atom is -0.497 e. The van der Waals surface area contributed by atoms with Crippen molar-refractivity contribution in [3.63, 3.8) is 0 Å². The summed E-state index contributed by atoms with van der Waals surface area (Å²) < 4.78 is 27.5. The van der Waals surface area contributed by atoms with Gasteiger partial charge < -0.3 is 15.4 Å². The number of nitrogens with one attached hydrogen (secondary N) is 2. The van der Waals surface area contributed by atoms with E-state index in [1.54, 1.807) is 20.2 Å². The number of aliphatic imine (C=N–C) groups is 1. The Kier molecular flexibility index (Phi) is 11.4. The molecule has 0 amide bonds. The molecule has 0 aliphatic heterocycles. The van der Waals surface area contributed by atoms with Crippen LogP contribution in [0.2, 0.25) is 5.02 Å². The predicted molar refractivity (Wildman–Crippen MR) is 115 cm³/mol. The average Bonchev–Trinajstić information content (AvgIpc) is 2.52. The molecule has 0 radical (unpaired) electrons. The minimum atomic E-state index is -2.95. The first-order valence-electron chi connectivity index (χ1n) is 7.72. The highest BCUT2D eigenvalue weighted by Crippen LogP contribution is 2.22. The van der Waals surface area contributed by atoms with Crippen LogP contribution in [0.1, 0.15) is 18.9 Å². The van der Waals surface area contributed by atoms with Gasteiger partial charge in [0, 0.05) is 30.9 Å². The Hall–Kier alpha value is -0.740. The normalized spacial score (nSPS) is 12.9. The molecule has 2 N–H and O–H groups in total. The van der Waals surface area contributed by atoms with Crippen LogP contribution in [0.15, 0.2) is 23.2 Å². The zero-order valence-electron chi connectivity index (χ0n) is 15.0. The Morgan fingerprint density at radius 2 is 2.08 bits per heavy atom. The molecule has 1 unspecified atom stereocenters. The Balaban J connectivity index is 0.00000576. The summed E-state index contributed by atoms with van der Waals surface area (Å²) in [7, 11) is 0.334. The van der Waals surface area contributed by atoms with Gasteiger partial charge in [0.15, 0.2) is 5.96 Å². The molecule has 0 bridgehead atoms. The molecule has 0 heterocycles. The van der Waals surface area contributed by atoms with E-state index >= 15 is 0 Å². The molecular formula is C16H27ClIN3O3S. The van der Waals surface area contributed by atoms with E-state index < -0.39 is 9.84 Å². The van der Waals surface area contributed by atoms with Crippen LogP contribution in [0.25, 0.3) is 0 Å². The molecule has 1 rings (SSSR count). The molecule has 1 aromatic rings. The van der Waals surface area contributed by atoms with Crippen LogP contribution in [-0.2, 0) is 16.3 Å². The van der Waals surface area contributed by atoms with Gasteiger partial charge in [0.25, 0.3) is 0 Å². The lowest BCUT2D eigenvalue weighted by Gasteiger charge is -2.17. The topological polar surface area (TPSA) is 79.8 Å². The van der Waals surface area contributed by atoms with E-state index in [9.17, 15) is 8.42 Å². The fourth-order valence-corrected chi connectivity index (χ4v) is 3.11. The van der Waals surface area contributed by atoms with Crippen LogP contribution in [-0.4, -0.2) is 53.1 Å². The molecule has 1 aromatic carbocycles. The van der Waals surface area contributed by atoms with Gasteiger partial charge in [0.2, 0.25) is 0 Å². The molecule has 0 saturated carbocycles. The van der Waals surface area contributed by atoms with Gasteiger partial charge in [-0.2, -0.15) is 0 Å². The second-order valence-electron chi connectivity index (χ2n) is 5.67. The van der Waals surface area contributed by atoms with Crippen LogP contribution >= 0.6 is 35.6 Å². The van der Waals surface area contributed by atoms with Crippen molar-refractivity contribution < 1.29 is 13.2 Å². The number of hydrogen-bond acceptors (Lipinski definition) is 4. The van der Waals surface area contributed by atoms with Crippen LogP contribution in [0.5, 0.6) is 5.75 Å². The molecule has 9 heteroatoms. The van der Waals surface area contributed by atoms with Crippen molar-refractivity contribution in [1.29, 1.82) is 0 Å². The standard InChI is InChI=1S/C16H26ClN3O3S.HI/c1-12(8-10-24(4,21)22)20-16(18-2)19-9-7-13-5-6-14(23-3)11-15(13)17;/h5-6,11-12H,7-10H2,1-4H3,(H2,18,19,20);1H. The fraction of sp³-hybridized carbons (Fsp3) is 0.562. The SMILES string of the molecule is CN=C(NCCc1ccc(OC)cc1Cl)NC(C)CCS(C)(=O)=O.I. The number of benzene rings is 1. The van der Waals surface area contributed by atoms with Gasteiger partial charge in [0.05, 0.1) is 12.9 Å². The average molecular weight is 504 g/mol. The molecule has 6 nitrogen and oxygen atoms in total. The van der Waals surface area contributed by atoms with Crippen LogP contribution in [0.4, 0.5) is 0 Å². The molecule has 1 atom stereocenters. The second-order valence-corrected chi connectivity index (χ2v) is 8.34. The first kappa shape index (κ1) is 24.3. The van der Waals surface area contributed by atoms with Crippen molar-refractivity contribution in [3.8, 4) is 5.75 Å². The lowest BCUT2D eigenvalue weighted by atomic mass is 10.1. The highest BCUT2D eigenvalue weighted by molar-refractivity contribution is 14.0. The van der Waals surface area contributed by atoms with Crippen molar-refractivity contribution >= 4 is 51.4 Å². The lowest BCUT2D eigenvalue weighted by molar-refractivity contribution is 0.414. The Morgan fingerprint density at radius 3 is 2.60 bits per heavy atom. The maximum Gasteiger partial charge on any atom is 0.191 e. The second kappa shape index (κ2) is 11.8. The van der Waals surface area contributed by atoms with E-state index in [1.807, 2.05) is 19.1 Å². The van der Waals surface area contributed by atoms with Crippen LogP contribution < -0.4 is 15.4 Å². The van der Waals surface area contributed by atoms with E-state index in [2.05, 4.69) is 15.6 Å². The minimum absolute atomic E-state index is 0. The molecule has 144 valence electrons. The molecule has 0 aliphatic rings. The number of rotatable bonds is 8. The first-order valence-corrected chi connectivity index (χ1v) is 10.2. The van der Waals surface area contributed by atoms with Crippen molar-refractivity contribution in [3.05, 3.63) is 28.8 Å². The number of methoxy groups -OCH3 is 1. The highest BCUT2D eigenvalue weighted by Gasteiger charge is 2.09. The smallest absolute Gasteiger partial charge is 0.191 e. The summed E-state index contributed by atoms with van der Waals surface area (Å²) in [5, 5.41) is 7.05. The number of ether oxygens (including phenoxy) is 1. The zero-order chi connectivity index (χ0) is 18.2. The summed E-state index contributed by atoms with van der Waals surface area (Å²) in [6.07, 6.45) is 2.51. The summed E-state index contributed by atoms with van der Waals surface area (Å²) in [5.74, 6) is 1.52. The molecule has 0 aliphatic carbocycles. The van der Waals surface area contributed by atoms with Crippen molar-refractivity contribution in [1.82, 2.24) is 10.6 Å². The van der Waals surface area contributed by atoms with E-state index in [0.717, 1.165) is 17.7 Å². The zero-order valence-corrected chi connectivity index (χ0v) is 18.9. The van der Waals surface area contributed by atoms with Gasteiger partial charge in [-0.3, -0.25) is 4.99 Å². The van der Waals surface area contributed by atoms with E-state index in [4.69, 9.17) is 16.3 Å². The molecule has 0 fully saturated rings. The number of sulfone groups is 1. The van der Waals surface area contributed by atoms with E-state index in [1.165, 1.54) is 6.26 Å². The van der Waals surface area contributed by atoms with E-state index in [-0.39, 0.29) is 35.8 Å². The summed E-state index contributed by atoms with van der Waals surface area (Å²) in [5.41, 5.74) is 1.02. The Morgan fingerprint density at radius 1 is 1.40 bits per heavy atom. The molecule has 0 saturated heterocycles. The van der Waals surface area contributed by atoms with Crippen LogP contribution in [0, 0.1) is 0 Å².